The molecule has 4 rings (SSSR count). The molecule has 0 aliphatic carbocycles. The van der Waals surface area contributed by atoms with E-state index in [0.717, 1.165) is 48.8 Å². The van der Waals surface area contributed by atoms with Crippen molar-refractivity contribution in [2.75, 3.05) is 18.0 Å². The van der Waals surface area contributed by atoms with Crippen molar-refractivity contribution in [3.8, 4) is 11.4 Å². The zero-order valence-electron chi connectivity index (χ0n) is 16.2. The molecule has 0 bridgehead atoms. The van der Waals surface area contributed by atoms with Crippen LogP contribution in [0.2, 0.25) is 0 Å². The molecule has 3 aromatic rings. The third kappa shape index (κ3) is 3.90. The Bertz CT molecular complexity index is 946. The Morgan fingerprint density at radius 1 is 1.07 bits per heavy atom. The molecule has 0 saturated carbocycles. The van der Waals surface area contributed by atoms with Crippen molar-refractivity contribution in [1.29, 1.82) is 0 Å². The van der Waals surface area contributed by atoms with Crippen molar-refractivity contribution < 1.29 is 4.79 Å². The lowest BCUT2D eigenvalue weighted by Crippen LogP contribution is -2.49. The highest BCUT2D eigenvalue weighted by atomic mass is 16.2. The van der Waals surface area contributed by atoms with Crippen LogP contribution in [0.4, 0.5) is 10.6 Å². The minimum atomic E-state index is -0.0926. The molecule has 1 fully saturated rings. The molecule has 2 amide bonds. The summed E-state index contributed by atoms with van der Waals surface area (Å²) in [5.74, 6) is 1.63. The first-order valence-corrected chi connectivity index (χ1v) is 9.70. The average Bonchev–Trinajstić information content (AvgIpc) is 3.12. The number of anilines is 1. The monoisotopic (exact) mass is 379 g/mol. The van der Waals surface area contributed by atoms with Gasteiger partial charge in [0.25, 0.3) is 0 Å². The molecule has 0 spiro atoms. The smallest absolute Gasteiger partial charge is 0.315 e. The molecular weight excluding hydrogens is 354 g/mol. The highest BCUT2D eigenvalue weighted by molar-refractivity contribution is 5.74. The first-order chi connectivity index (χ1) is 13.6. The van der Waals surface area contributed by atoms with Gasteiger partial charge >= 0.3 is 6.03 Å². The lowest BCUT2D eigenvalue weighted by molar-refractivity contribution is 0.232. The van der Waals surface area contributed by atoms with E-state index in [1.165, 1.54) is 0 Å². The van der Waals surface area contributed by atoms with Crippen molar-refractivity contribution in [1.82, 2.24) is 30.4 Å². The van der Waals surface area contributed by atoms with Crippen LogP contribution < -0.4 is 15.5 Å². The maximum atomic E-state index is 11.9. The topological polar surface area (TPSA) is 87.5 Å². The van der Waals surface area contributed by atoms with Crippen LogP contribution in [0, 0.1) is 0 Å². The van der Waals surface area contributed by atoms with Crippen LogP contribution in [-0.4, -0.2) is 51.0 Å². The number of rotatable bonds is 4. The fraction of sp³-hybridized carbons (Fsp3) is 0.400. The van der Waals surface area contributed by atoms with E-state index in [1.54, 1.807) is 4.52 Å². The van der Waals surface area contributed by atoms with Gasteiger partial charge in [0.1, 0.15) is 5.82 Å². The minimum absolute atomic E-state index is 0.0926. The van der Waals surface area contributed by atoms with Crippen molar-refractivity contribution in [2.45, 2.75) is 38.8 Å². The second kappa shape index (κ2) is 7.84. The number of nitrogens with zero attached hydrogens (tertiary/aromatic N) is 5. The second-order valence-electron chi connectivity index (χ2n) is 7.38. The number of fused-ring (bicyclic) bond motifs is 1. The summed E-state index contributed by atoms with van der Waals surface area (Å²) in [4.78, 5) is 14.1. The van der Waals surface area contributed by atoms with Crippen molar-refractivity contribution in [3.63, 3.8) is 0 Å². The van der Waals surface area contributed by atoms with E-state index >= 15 is 0 Å². The molecule has 0 radical (unpaired) electrons. The van der Waals surface area contributed by atoms with Gasteiger partial charge in [0.2, 0.25) is 0 Å². The number of carbonyl (C=O) groups is 1. The molecule has 0 atom stereocenters. The quantitative estimate of drug-likeness (QED) is 0.727. The lowest BCUT2D eigenvalue weighted by Gasteiger charge is -2.33. The number of hydrogen-bond donors (Lipinski definition) is 2. The summed E-state index contributed by atoms with van der Waals surface area (Å²) in [6.07, 6.45) is 1.78. The Labute approximate surface area is 164 Å². The normalized spacial score (nSPS) is 15.2. The molecule has 1 aliphatic heterocycles. The predicted molar refractivity (Wildman–Crippen MR) is 108 cm³/mol. The van der Waals surface area contributed by atoms with Gasteiger partial charge in [-0.15, -0.1) is 15.3 Å². The van der Waals surface area contributed by atoms with Gasteiger partial charge in [0.05, 0.1) is 0 Å². The summed E-state index contributed by atoms with van der Waals surface area (Å²) in [5, 5.41) is 19.2. The van der Waals surface area contributed by atoms with Crippen LogP contribution in [0.1, 0.15) is 26.7 Å². The Hall–Kier alpha value is -3.16. The Morgan fingerprint density at radius 2 is 1.82 bits per heavy atom. The molecule has 1 aliphatic rings. The van der Waals surface area contributed by atoms with Crippen LogP contribution in [-0.2, 0) is 0 Å². The van der Waals surface area contributed by atoms with Gasteiger partial charge in [-0.2, -0.15) is 4.52 Å². The van der Waals surface area contributed by atoms with E-state index in [4.69, 9.17) is 5.10 Å². The molecule has 0 unspecified atom stereocenters. The van der Waals surface area contributed by atoms with E-state index in [1.807, 2.05) is 56.3 Å². The summed E-state index contributed by atoms with van der Waals surface area (Å²) in [5.41, 5.74) is 1.71. The van der Waals surface area contributed by atoms with Gasteiger partial charge < -0.3 is 15.5 Å². The highest BCUT2D eigenvalue weighted by Gasteiger charge is 2.22. The standard InChI is InChI=1S/C20H25N7O/c1-14(2)21-20(28)22-16-10-12-26(13-11-16)18-9-8-17-23-24-19(27(17)25-18)15-6-4-3-5-7-15/h3-9,14,16H,10-13H2,1-2H3,(H2,21,22,28). The first kappa shape index (κ1) is 18.2. The molecule has 3 heterocycles. The van der Waals surface area contributed by atoms with E-state index in [-0.39, 0.29) is 18.1 Å². The Kier molecular flexibility index (Phi) is 5.10. The fourth-order valence-corrected chi connectivity index (χ4v) is 3.46. The van der Waals surface area contributed by atoms with Crippen LogP contribution in [0.25, 0.3) is 17.0 Å². The lowest BCUT2D eigenvalue weighted by atomic mass is 10.1. The van der Waals surface area contributed by atoms with E-state index < -0.39 is 0 Å². The van der Waals surface area contributed by atoms with Crippen LogP contribution >= 0.6 is 0 Å². The van der Waals surface area contributed by atoms with Gasteiger partial charge in [-0.25, -0.2) is 4.79 Å². The third-order valence-corrected chi connectivity index (χ3v) is 4.85. The second-order valence-corrected chi connectivity index (χ2v) is 7.38. The van der Waals surface area contributed by atoms with Crippen LogP contribution in [0.15, 0.2) is 42.5 Å². The number of hydrogen-bond acceptors (Lipinski definition) is 5. The minimum Gasteiger partial charge on any atom is -0.355 e. The van der Waals surface area contributed by atoms with Crippen molar-refractivity contribution in [2.24, 2.45) is 0 Å². The molecule has 2 aromatic heterocycles. The molecule has 8 nitrogen and oxygen atoms in total. The van der Waals surface area contributed by atoms with Gasteiger partial charge in [0, 0.05) is 30.7 Å². The molecule has 8 heteroatoms. The van der Waals surface area contributed by atoms with Gasteiger partial charge in [-0.3, -0.25) is 0 Å². The Balaban J connectivity index is 1.46. The Morgan fingerprint density at radius 3 is 2.54 bits per heavy atom. The number of piperidine rings is 1. The van der Waals surface area contributed by atoms with Gasteiger partial charge in [0.15, 0.2) is 11.5 Å². The maximum absolute atomic E-state index is 11.9. The summed E-state index contributed by atoms with van der Waals surface area (Å²) in [6, 6.07) is 14.1. The zero-order valence-corrected chi connectivity index (χ0v) is 16.2. The molecule has 1 aromatic carbocycles. The average molecular weight is 379 g/mol. The molecular formula is C20H25N7O. The zero-order chi connectivity index (χ0) is 19.5. The summed E-state index contributed by atoms with van der Waals surface area (Å²) < 4.78 is 1.80. The third-order valence-electron chi connectivity index (χ3n) is 4.85. The number of amides is 2. The molecule has 1 saturated heterocycles. The van der Waals surface area contributed by atoms with E-state index in [2.05, 4.69) is 25.7 Å². The van der Waals surface area contributed by atoms with Crippen molar-refractivity contribution >= 4 is 17.5 Å². The van der Waals surface area contributed by atoms with Crippen LogP contribution in [0.3, 0.4) is 0 Å². The van der Waals surface area contributed by atoms with Gasteiger partial charge in [-0.05, 0) is 38.8 Å². The molecule has 2 N–H and O–H groups in total. The molecule has 28 heavy (non-hydrogen) atoms. The summed E-state index contributed by atoms with van der Waals surface area (Å²) >= 11 is 0. The summed E-state index contributed by atoms with van der Waals surface area (Å²) in [7, 11) is 0. The first-order valence-electron chi connectivity index (χ1n) is 9.70. The van der Waals surface area contributed by atoms with Gasteiger partial charge in [-0.1, -0.05) is 30.3 Å². The number of nitrogens with one attached hydrogen (secondary N) is 2. The number of aromatic nitrogens is 4. The fourth-order valence-electron chi connectivity index (χ4n) is 3.46. The largest absolute Gasteiger partial charge is 0.355 e. The van der Waals surface area contributed by atoms with E-state index in [9.17, 15) is 4.79 Å². The SMILES string of the molecule is CC(C)NC(=O)NC1CCN(c2ccc3nnc(-c4ccccc4)n3n2)CC1. The van der Waals surface area contributed by atoms with Crippen molar-refractivity contribution in [3.05, 3.63) is 42.5 Å². The highest BCUT2D eigenvalue weighted by Crippen LogP contribution is 2.21. The summed E-state index contributed by atoms with van der Waals surface area (Å²) in [6.45, 7) is 5.60. The number of urea groups is 1. The predicted octanol–water partition coefficient (Wildman–Crippen LogP) is 2.47. The molecule has 146 valence electrons. The number of carbonyl (C=O) groups excluding carboxylic acids is 1. The van der Waals surface area contributed by atoms with Crippen LogP contribution in [0.5, 0.6) is 0 Å². The maximum Gasteiger partial charge on any atom is 0.315 e. The van der Waals surface area contributed by atoms with E-state index in [0.29, 0.717) is 0 Å². The number of benzene rings is 1.